The molecule has 7 nitrogen and oxygen atoms in total. The van der Waals surface area contributed by atoms with E-state index in [4.69, 9.17) is 18.4 Å². The molecule has 1 unspecified atom stereocenters. The molecule has 254 valence electrons. The van der Waals surface area contributed by atoms with Crippen LogP contribution in [0.5, 0.6) is 0 Å². The molecule has 4 aromatic carbocycles. The molecular weight excluding hydrogens is 663 g/mol. The maximum absolute atomic E-state index is 8.81. The minimum absolute atomic E-state index is 0.0720. The van der Waals surface area contributed by atoms with Gasteiger partial charge in [0.1, 0.15) is 0 Å². The smallest absolute Gasteiger partial charge is 0.198 e. The van der Waals surface area contributed by atoms with Crippen molar-refractivity contribution in [3.05, 3.63) is 180 Å². The normalized spacial score (nSPS) is 13.5. The maximum atomic E-state index is 8.81. The molecule has 5 heterocycles. The lowest BCUT2D eigenvalue weighted by Crippen LogP contribution is -2.01. The summed E-state index contributed by atoms with van der Waals surface area (Å²) >= 11 is 0. The van der Waals surface area contributed by atoms with E-state index in [1.807, 2.05) is 0 Å². The van der Waals surface area contributed by atoms with Crippen LogP contribution in [-0.4, -0.2) is 28.4 Å². The summed E-state index contributed by atoms with van der Waals surface area (Å²) in [5.41, 5.74) is 16.0. The molecular formula is C44H35N5O2S. The fourth-order valence-corrected chi connectivity index (χ4v) is 7.14. The minimum atomic E-state index is -2.62. The van der Waals surface area contributed by atoms with Crippen LogP contribution in [0.15, 0.2) is 152 Å². The zero-order chi connectivity index (χ0) is 35.4. The first kappa shape index (κ1) is 32.8. The average molecular weight is 698 g/mol. The number of nitrogens with zero attached hydrogens (tertiary/aromatic N) is 2. The number of nitrogens with one attached hydrogen (secondary N) is 2. The van der Waals surface area contributed by atoms with Gasteiger partial charge in [-0.1, -0.05) is 121 Å². The number of fused-ring (bicyclic) bond motifs is 8. The third kappa shape index (κ3) is 6.85. The van der Waals surface area contributed by atoms with E-state index in [0.717, 1.165) is 84.6 Å². The summed E-state index contributed by atoms with van der Waals surface area (Å²) < 4.78 is 17.6. The molecule has 0 aliphatic carbocycles. The number of aromatic amines is 2. The van der Waals surface area contributed by atoms with Gasteiger partial charge in [0, 0.05) is 51.3 Å². The highest BCUT2D eigenvalue weighted by molar-refractivity contribution is 7.69. The lowest BCUT2D eigenvalue weighted by atomic mass is 9.87. The van der Waals surface area contributed by atoms with Crippen LogP contribution in [0.1, 0.15) is 34.3 Å². The molecule has 8 bridgehead atoms. The van der Waals surface area contributed by atoms with E-state index in [9.17, 15) is 0 Å². The summed E-state index contributed by atoms with van der Waals surface area (Å²) in [6.45, 7) is 0. The number of thiol groups is 1. The SMILES string of the molecule is C1=Cc2cc3[nH]c(c(-c4ccccc4)c4nc(cc5ccc(cc1n2)[nH]5)CC4c1ccccc1)c(-c1ccccc1)c3-c1ccccc1.N[SH](=O)=O. The van der Waals surface area contributed by atoms with Crippen LogP contribution in [0.25, 0.3) is 67.6 Å². The van der Waals surface area contributed by atoms with Gasteiger partial charge >= 0.3 is 0 Å². The fraction of sp³-hybridized carbons (Fsp3) is 0.0455. The number of hydrogen-bond donors (Lipinski definition) is 4. The molecule has 1 atom stereocenters. The third-order valence-corrected chi connectivity index (χ3v) is 9.26. The van der Waals surface area contributed by atoms with Crippen molar-refractivity contribution in [2.45, 2.75) is 12.3 Å². The molecule has 0 amide bonds. The van der Waals surface area contributed by atoms with Gasteiger partial charge in [-0.15, -0.1) is 0 Å². The number of H-pyrrole nitrogens is 2. The first-order valence-electron chi connectivity index (χ1n) is 17.1. The fourth-order valence-electron chi connectivity index (χ4n) is 7.14. The van der Waals surface area contributed by atoms with Crippen molar-refractivity contribution < 1.29 is 8.42 Å². The Morgan fingerprint density at radius 3 is 1.65 bits per heavy atom. The molecule has 8 heteroatoms. The second kappa shape index (κ2) is 14.5. The molecule has 0 spiro atoms. The van der Waals surface area contributed by atoms with E-state index in [0.29, 0.717) is 0 Å². The summed E-state index contributed by atoms with van der Waals surface area (Å²) in [5, 5.41) is 4.06. The highest BCUT2D eigenvalue weighted by atomic mass is 32.2. The van der Waals surface area contributed by atoms with Crippen molar-refractivity contribution in [1.29, 1.82) is 0 Å². The molecule has 0 radical (unpaired) electrons. The summed E-state index contributed by atoms with van der Waals surface area (Å²) in [4.78, 5) is 18.1. The molecule has 0 saturated carbocycles. The molecule has 7 aromatic rings. The van der Waals surface area contributed by atoms with Gasteiger partial charge in [0.25, 0.3) is 0 Å². The van der Waals surface area contributed by atoms with Crippen LogP contribution in [0.2, 0.25) is 0 Å². The third-order valence-electron chi connectivity index (χ3n) is 9.26. The van der Waals surface area contributed by atoms with Gasteiger partial charge in [-0.3, -0.25) is 4.98 Å². The predicted molar refractivity (Wildman–Crippen MR) is 213 cm³/mol. The number of benzene rings is 4. The lowest BCUT2D eigenvalue weighted by molar-refractivity contribution is 0.616. The number of nitrogens with two attached hydrogens (primary N) is 1. The Morgan fingerprint density at radius 1 is 0.558 bits per heavy atom. The van der Waals surface area contributed by atoms with Gasteiger partial charge in [-0.05, 0) is 64.7 Å². The average Bonchev–Trinajstić information content (AvgIpc) is 3.97. The Bertz CT molecular complexity index is 2640. The topological polar surface area (TPSA) is 118 Å². The Labute approximate surface area is 303 Å². The largest absolute Gasteiger partial charge is 0.355 e. The Morgan fingerprint density at radius 2 is 1.06 bits per heavy atom. The first-order valence-corrected chi connectivity index (χ1v) is 18.3. The standard InChI is InChI=1S/C44H32N4.H3NO2S/c1-5-13-29(14-6-1)38-27-37-26-35-22-21-33(45-35)25-34-23-24-36(46-34)28-39-40(30-15-7-2-8-16-30)41(31-17-9-3-10-18-31)44(48-39)42(43(38)47-37)32-19-11-4-12-20-32;1-4(2)3/h1-26,28,38,45,48H,27H2;4H,(H2,1,2,3). The number of rotatable bonds is 4. The van der Waals surface area contributed by atoms with Crippen LogP contribution in [0, 0.1) is 0 Å². The first-order chi connectivity index (χ1) is 25.5. The van der Waals surface area contributed by atoms with Gasteiger partial charge in [0.05, 0.1) is 22.6 Å². The maximum Gasteiger partial charge on any atom is 0.198 e. The second-order valence-corrected chi connectivity index (χ2v) is 13.2. The number of aromatic nitrogens is 4. The van der Waals surface area contributed by atoms with E-state index < -0.39 is 10.9 Å². The van der Waals surface area contributed by atoms with Crippen molar-refractivity contribution >= 4 is 45.1 Å². The van der Waals surface area contributed by atoms with E-state index in [2.05, 4.69) is 179 Å². The quantitative estimate of drug-likeness (QED) is 0.137. The van der Waals surface area contributed by atoms with Crippen LogP contribution < -0.4 is 5.14 Å². The summed E-state index contributed by atoms with van der Waals surface area (Å²) in [6, 6.07) is 53.7. The molecule has 9 rings (SSSR count). The summed E-state index contributed by atoms with van der Waals surface area (Å²) in [6.07, 6.45) is 4.96. The summed E-state index contributed by atoms with van der Waals surface area (Å²) in [5.74, 6) is 0.0720. The molecule has 52 heavy (non-hydrogen) atoms. The zero-order valence-corrected chi connectivity index (χ0v) is 29.0. The number of hydrogen-bond acceptors (Lipinski definition) is 4. The Hall–Kier alpha value is -6.35. The highest BCUT2D eigenvalue weighted by Gasteiger charge is 2.28. The molecule has 2 aliphatic rings. The highest BCUT2D eigenvalue weighted by Crippen LogP contribution is 2.46. The van der Waals surface area contributed by atoms with Crippen LogP contribution >= 0.6 is 0 Å². The van der Waals surface area contributed by atoms with Crippen molar-refractivity contribution in [1.82, 2.24) is 19.9 Å². The van der Waals surface area contributed by atoms with E-state index in [-0.39, 0.29) is 5.92 Å². The zero-order valence-electron chi connectivity index (χ0n) is 28.1. The van der Waals surface area contributed by atoms with Gasteiger partial charge in [0.15, 0.2) is 10.9 Å². The van der Waals surface area contributed by atoms with E-state index in [1.54, 1.807) is 0 Å². The summed E-state index contributed by atoms with van der Waals surface area (Å²) in [7, 11) is -2.62. The van der Waals surface area contributed by atoms with Crippen molar-refractivity contribution in [3.8, 4) is 33.4 Å². The van der Waals surface area contributed by atoms with Crippen molar-refractivity contribution in [3.63, 3.8) is 0 Å². The van der Waals surface area contributed by atoms with Crippen LogP contribution in [0.4, 0.5) is 0 Å². The van der Waals surface area contributed by atoms with Crippen molar-refractivity contribution in [2.75, 3.05) is 0 Å². The van der Waals surface area contributed by atoms with Crippen LogP contribution in [-0.2, 0) is 17.3 Å². The monoisotopic (exact) mass is 697 g/mol. The van der Waals surface area contributed by atoms with Gasteiger partial charge in [-0.25, -0.2) is 18.5 Å². The van der Waals surface area contributed by atoms with Gasteiger partial charge in [0.2, 0.25) is 0 Å². The van der Waals surface area contributed by atoms with Crippen molar-refractivity contribution in [2.24, 2.45) is 5.14 Å². The molecule has 0 fully saturated rings. The van der Waals surface area contributed by atoms with Crippen LogP contribution in [0.3, 0.4) is 0 Å². The van der Waals surface area contributed by atoms with Gasteiger partial charge < -0.3 is 9.97 Å². The minimum Gasteiger partial charge on any atom is -0.355 e. The lowest BCUT2D eigenvalue weighted by Gasteiger charge is -2.15. The molecule has 4 N–H and O–H groups in total. The molecule has 0 saturated heterocycles. The Balaban J connectivity index is 0.000000922. The molecule has 2 aliphatic heterocycles. The van der Waals surface area contributed by atoms with Gasteiger partial charge in [-0.2, -0.15) is 0 Å². The Kier molecular flexibility index (Phi) is 9.14. The van der Waals surface area contributed by atoms with E-state index >= 15 is 0 Å². The predicted octanol–water partition coefficient (Wildman–Crippen LogP) is 9.33. The molecule has 3 aromatic heterocycles. The second-order valence-electron chi connectivity index (χ2n) is 12.7. The van der Waals surface area contributed by atoms with E-state index in [1.165, 1.54) is 5.56 Å².